The highest BCUT2D eigenvalue weighted by atomic mass is 16.5. The van der Waals surface area contributed by atoms with Crippen molar-refractivity contribution in [1.29, 1.82) is 0 Å². The van der Waals surface area contributed by atoms with Crippen LogP contribution in [0.2, 0.25) is 0 Å². The SMILES string of the molecule is Cc1cc(CCCOCCOc2ccc(C)c(-c3cc(OCCCOCc4cc(C)on4)ccc3C)c2)no1. The molecule has 0 radical (unpaired) electrons. The van der Waals surface area contributed by atoms with Gasteiger partial charge in [0.1, 0.15) is 35.3 Å². The molecular formula is C31H38N2O6. The lowest BCUT2D eigenvalue weighted by atomic mass is 9.96. The average Bonchev–Trinajstić information content (AvgIpc) is 3.54. The molecule has 0 aliphatic heterocycles. The summed E-state index contributed by atoms with van der Waals surface area (Å²) in [5.41, 5.74) is 6.39. The Labute approximate surface area is 230 Å². The molecule has 0 saturated heterocycles. The summed E-state index contributed by atoms with van der Waals surface area (Å²) in [5, 5.41) is 7.94. The minimum atomic E-state index is 0.444. The van der Waals surface area contributed by atoms with E-state index in [4.69, 9.17) is 28.0 Å². The Bertz CT molecular complexity index is 1310. The topological polar surface area (TPSA) is 89.0 Å². The molecule has 0 fully saturated rings. The van der Waals surface area contributed by atoms with Crippen LogP contribution >= 0.6 is 0 Å². The molecule has 0 spiro atoms. The maximum atomic E-state index is 6.02. The van der Waals surface area contributed by atoms with Gasteiger partial charge in [0.15, 0.2) is 0 Å². The van der Waals surface area contributed by atoms with Gasteiger partial charge in [0.25, 0.3) is 0 Å². The van der Waals surface area contributed by atoms with Crippen LogP contribution in [-0.4, -0.2) is 43.3 Å². The zero-order valence-corrected chi connectivity index (χ0v) is 23.3. The van der Waals surface area contributed by atoms with Crippen LogP contribution in [0.4, 0.5) is 0 Å². The zero-order chi connectivity index (χ0) is 27.5. The van der Waals surface area contributed by atoms with E-state index in [9.17, 15) is 0 Å². The number of aryl methyl sites for hydroxylation is 5. The van der Waals surface area contributed by atoms with E-state index in [1.54, 1.807) is 0 Å². The summed E-state index contributed by atoms with van der Waals surface area (Å²) in [4.78, 5) is 0. The van der Waals surface area contributed by atoms with Crippen LogP contribution in [0.3, 0.4) is 0 Å². The maximum Gasteiger partial charge on any atom is 0.134 e. The summed E-state index contributed by atoms with van der Waals surface area (Å²) in [6.07, 6.45) is 2.52. The number of aromatic nitrogens is 2. The lowest BCUT2D eigenvalue weighted by Crippen LogP contribution is -2.08. The molecule has 39 heavy (non-hydrogen) atoms. The third-order valence-electron chi connectivity index (χ3n) is 6.23. The summed E-state index contributed by atoms with van der Waals surface area (Å²) >= 11 is 0. The van der Waals surface area contributed by atoms with Crippen molar-refractivity contribution in [2.24, 2.45) is 0 Å². The van der Waals surface area contributed by atoms with Crippen molar-refractivity contribution in [3.05, 3.63) is 82.6 Å². The van der Waals surface area contributed by atoms with Gasteiger partial charge in [-0.15, -0.1) is 0 Å². The predicted molar refractivity (Wildman–Crippen MR) is 148 cm³/mol. The van der Waals surface area contributed by atoms with Crippen molar-refractivity contribution >= 4 is 0 Å². The lowest BCUT2D eigenvalue weighted by Gasteiger charge is -2.15. The second-order valence-corrected chi connectivity index (χ2v) is 9.63. The molecule has 0 amide bonds. The smallest absolute Gasteiger partial charge is 0.134 e. The van der Waals surface area contributed by atoms with Crippen molar-refractivity contribution in [3.63, 3.8) is 0 Å². The number of nitrogens with zero attached hydrogens (tertiary/aromatic N) is 2. The van der Waals surface area contributed by atoms with Gasteiger partial charge in [-0.1, -0.05) is 22.4 Å². The average molecular weight is 535 g/mol. The van der Waals surface area contributed by atoms with Crippen molar-refractivity contribution in [1.82, 2.24) is 10.3 Å². The number of hydrogen-bond donors (Lipinski definition) is 0. The first kappa shape index (κ1) is 28.4. The number of benzene rings is 2. The summed E-state index contributed by atoms with van der Waals surface area (Å²) in [6, 6.07) is 16.2. The number of ether oxygens (including phenoxy) is 4. The zero-order valence-electron chi connectivity index (χ0n) is 23.3. The Morgan fingerprint density at radius 1 is 0.590 bits per heavy atom. The van der Waals surface area contributed by atoms with E-state index in [1.165, 1.54) is 11.1 Å². The van der Waals surface area contributed by atoms with Gasteiger partial charge >= 0.3 is 0 Å². The molecule has 0 N–H and O–H groups in total. The van der Waals surface area contributed by atoms with Crippen LogP contribution < -0.4 is 9.47 Å². The van der Waals surface area contributed by atoms with Crippen molar-refractivity contribution in [3.8, 4) is 22.6 Å². The Morgan fingerprint density at radius 2 is 1.18 bits per heavy atom. The third-order valence-corrected chi connectivity index (χ3v) is 6.23. The van der Waals surface area contributed by atoms with Gasteiger partial charge in [-0.3, -0.25) is 0 Å². The summed E-state index contributed by atoms with van der Waals surface area (Å²) < 4.78 is 33.5. The monoisotopic (exact) mass is 534 g/mol. The normalized spacial score (nSPS) is 11.2. The number of hydrogen-bond acceptors (Lipinski definition) is 8. The molecule has 0 aliphatic rings. The van der Waals surface area contributed by atoms with Gasteiger partial charge in [-0.05, 0) is 87.1 Å². The van der Waals surface area contributed by atoms with E-state index in [0.717, 1.165) is 64.8 Å². The predicted octanol–water partition coefficient (Wildman–Crippen LogP) is 6.58. The highest BCUT2D eigenvalue weighted by Gasteiger charge is 2.10. The van der Waals surface area contributed by atoms with Crippen LogP contribution in [0.25, 0.3) is 11.1 Å². The van der Waals surface area contributed by atoms with Crippen molar-refractivity contribution < 1.29 is 28.0 Å². The van der Waals surface area contributed by atoms with Gasteiger partial charge in [0.2, 0.25) is 0 Å². The highest BCUT2D eigenvalue weighted by molar-refractivity contribution is 5.73. The second kappa shape index (κ2) is 14.5. The summed E-state index contributed by atoms with van der Waals surface area (Å²) in [7, 11) is 0. The number of rotatable bonds is 16. The van der Waals surface area contributed by atoms with Crippen molar-refractivity contribution in [2.75, 3.05) is 33.0 Å². The van der Waals surface area contributed by atoms with Crippen LogP contribution in [0, 0.1) is 27.7 Å². The molecule has 208 valence electrons. The van der Waals surface area contributed by atoms with Gasteiger partial charge in [-0.2, -0.15) is 0 Å². The molecule has 0 saturated carbocycles. The first-order chi connectivity index (χ1) is 19.0. The molecule has 4 aromatic rings. The minimum absolute atomic E-state index is 0.444. The summed E-state index contributed by atoms with van der Waals surface area (Å²) in [5.74, 6) is 3.28. The second-order valence-electron chi connectivity index (χ2n) is 9.63. The molecule has 0 bridgehead atoms. The van der Waals surface area contributed by atoms with E-state index in [1.807, 2.05) is 38.1 Å². The van der Waals surface area contributed by atoms with Gasteiger partial charge in [0, 0.05) is 25.2 Å². The van der Waals surface area contributed by atoms with Crippen LogP contribution in [0.1, 0.15) is 46.9 Å². The largest absolute Gasteiger partial charge is 0.493 e. The Morgan fingerprint density at radius 3 is 1.79 bits per heavy atom. The lowest BCUT2D eigenvalue weighted by molar-refractivity contribution is 0.0983. The molecule has 2 aromatic carbocycles. The van der Waals surface area contributed by atoms with E-state index in [0.29, 0.717) is 39.6 Å². The third kappa shape index (κ3) is 8.97. The van der Waals surface area contributed by atoms with Crippen LogP contribution in [0.5, 0.6) is 11.5 Å². The molecular weight excluding hydrogens is 496 g/mol. The van der Waals surface area contributed by atoms with Gasteiger partial charge in [-0.25, -0.2) is 0 Å². The molecule has 8 heteroatoms. The Hall–Kier alpha value is -3.62. The molecule has 0 atom stereocenters. The molecule has 2 heterocycles. The fourth-order valence-corrected chi connectivity index (χ4v) is 4.19. The first-order valence-electron chi connectivity index (χ1n) is 13.4. The van der Waals surface area contributed by atoms with E-state index >= 15 is 0 Å². The molecule has 0 unspecified atom stereocenters. The minimum Gasteiger partial charge on any atom is -0.493 e. The first-order valence-corrected chi connectivity index (χ1v) is 13.4. The Balaban J connectivity index is 1.21. The van der Waals surface area contributed by atoms with E-state index in [-0.39, 0.29) is 0 Å². The molecule has 4 rings (SSSR count). The van der Waals surface area contributed by atoms with E-state index < -0.39 is 0 Å². The van der Waals surface area contributed by atoms with Gasteiger partial charge < -0.3 is 28.0 Å². The van der Waals surface area contributed by atoms with Gasteiger partial charge in [0.05, 0.1) is 32.1 Å². The standard InChI is InChI=1S/C31H38N2O6/c1-22-8-10-28(36-14-6-13-35-21-27-18-25(4)39-33-27)19-30(22)31-20-29(11-9-23(31)2)37-16-15-34-12-5-7-26-17-24(3)38-32-26/h8-11,17-20H,5-7,12-16,21H2,1-4H3. The van der Waals surface area contributed by atoms with E-state index in [2.05, 4.69) is 48.4 Å². The molecule has 2 aromatic heterocycles. The molecule has 0 aliphatic carbocycles. The Kier molecular flexibility index (Phi) is 10.6. The highest BCUT2D eigenvalue weighted by Crippen LogP contribution is 2.32. The fourth-order valence-electron chi connectivity index (χ4n) is 4.19. The summed E-state index contributed by atoms with van der Waals surface area (Å²) in [6.45, 7) is 11.3. The molecule has 8 nitrogen and oxygen atoms in total. The van der Waals surface area contributed by atoms with Crippen LogP contribution in [-0.2, 0) is 22.5 Å². The van der Waals surface area contributed by atoms with Crippen molar-refractivity contribution in [2.45, 2.75) is 53.6 Å². The maximum absolute atomic E-state index is 6.02. The quantitative estimate of drug-likeness (QED) is 0.149. The van der Waals surface area contributed by atoms with Crippen LogP contribution in [0.15, 0.2) is 57.6 Å². The fraction of sp³-hybridized carbons (Fsp3) is 0.419.